The van der Waals surface area contributed by atoms with Crippen molar-refractivity contribution in [2.24, 2.45) is 0 Å². The molecule has 3 aromatic rings. The third-order valence-corrected chi connectivity index (χ3v) is 6.02. The molecule has 0 atom stereocenters. The van der Waals surface area contributed by atoms with Crippen LogP contribution in [0.4, 0.5) is 18.9 Å². The SMILES string of the molecule is O=c1n(Br)c2ccccc2n1CCN1CCN(c2cccc(C(F)(F)F)c2)CC1. The number of hydrogen-bond acceptors (Lipinski definition) is 3. The Balaban J connectivity index is 1.39. The summed E-state index contributed by atoms with van der Waals surface area (Å²) in [5.74, 6) is 0. The van der Waals surface area contributed by atoms with Gasteiger partial charge in [0.05, 0.1) is 32.7 Å². The summed E-state index contributed by atoms with van der Waals surface area (Å²) in [6.45, 7) is 4.03. The molecule has 0 amide bonds. The van der Waals surface area contributed by atoms with Gasteiger partial charge in [-0.3, -0.25) is 9.47 Å². The number of benzene rings is 2. The second kappa shape index (κ2) is 7.87. The lowest BCUT2D eigenvalue weighted by Crippen LogP contribution is -2.47. The predicted octanol–water partition coefficient (Wildman–Crippen LogP) is 3.80. The third-order valence-electron chi connectivity index (χ3n) is 5.33. The second-order valence-corrected chi connectivity index (χ2v) is 7.79. The molecule has 2 heterocycles. The molecule has 1 aliphatic rings. The second-order valence-electron chi connectivity index (χ2n) is 7.08. The van der Waals surface area contributed by atoms with Crippen LogP contribution in [0.5, 0.6) is 0 Å². The van der Waals surface area contributed by atoms with Crippen molar-refractivity contribution in [2.75, 3.05) is 37.6 Å². The molecule has 0 spiro atoms. The maximum atomic E-state index is 12.9. The average molecular weight is 469 g/mol. The summed E-state index contributed by atoms with van der Waals surface area (Å²) in [6, 6.07) is 13.1. The zero-order valence-electron chi connectivity index (χ0n) is 15.6. The van der Waals surface area contributed by atoms with Crippen molar-refractivity contribution in [3.05, 3.63) is 64.6 Å². The number of anilines is 1. The Morgan fingerprint density at radius 1 is 0.897 bits per heavy atom. The maximum Gasteiger partial charge on any atom is 0.416 e. The Labute approximate surface area is 174 Å². The maximum absolute atomic E-state index is 12.9. The van der Waals surface area contributed by atoms with E-state index in [0.717, 1.165) is 30.2 Å². The summed E-state index contributed by atoms with van der Waals surface area (Å²) in [4.78, 5) is 16.7. The van der Waals surface area contributed by atoms with Crippen LogP contribution < -0.4 is 10.6 Å². The lowest BCUT2D eigenvalue weighted by molar-refractivity contribution is -0.137. The van der Waals surface area contributed by atoms with E-state index in [4.69, 9.17) is 0 Å². The fraction of sp³-hybridized carbons (Fsp3) is 0.350. The first-order valence-electron chi connectivity index (χ1n) is 9.35. The summed E-state index contributed by atoms with van der Waals surface area (Å²) >= 11 is 3.30. The van der Waals surface area contributed by atoms with Gasteiger partial charge in [-0.15, -0.1) is 0 Å². The zero-order valence-corrected chi connectivity index (χ0v) is 17.2. The third kappa shape index (κ3) is 4.06. The highest BCUT2D eigenvalue weighted by molar-refractivity contribution is 9.08. The van der Waals surface area contributed by atoms with E-state index in [1.807, 2.05) is 29.2 Å². The summed E-state index contributed by atoms with van der Waals surface area (Å²) in [5.41, 5.74) is 1.55. The van der Waals surface area contributed by atoms with Crippen LogP contribution in [0.3, 0.4) is 0 Å². The van der Waals surface area contributed by atoms with E-state index in [1.165, 1.54) is 15.7 Å². The molecular formula is C20H20BrF3N4O. The van der Waals surface area contributed by atoms with Gasteiger partial charge in [0.2, 0.25) is 0 Å². The number of nitrogens with zero attached hydrogens (tertiary/aromatic N) is 4. The molecule has 1 fully saturated rings. The van der Waals surface area contributed by atoms with Gasteiger partial charge in [-0.05, 0) is 30.3 Å². The Hall–Kier alpha value is -2.26. The standard InChI is InChI=1S/C20H20BrF3N4O/c21-28-18-7-2-1-6-17(18)27(19(28)29)13-10-25-8-11-26(12-9-25)16-5-3-4-15(14-16)20(22,23)24/h1-7,14H,8-13H2. The highest BCUT2D eigenvalue weighted by Crippen LogP contribution is 2.31. The first-order valence-corrected chi connectivity index (χ1v) is 10.1. The van der Waals surface area contributed by atoms with Crippen molar-refractivity contribution in [3.8, 4) is 0 Å². The van der Waals surface area contributed by atoms with Gasteiger partial charge in [0.15, 0.2) is 0 Å². The van der Waals surface area contributed by atoms with Gasteiger partial charge in [-0.1, -0.05) is 18.2 Å². The molecule has 1 aliphatic heterocycles. The van der Waals surface area contributed by atoms with Crippen molar-refractivity contribution in [1.82, 2.24) is 13.1 Å². The molecule has 0 saturated carbocycles. The first kappa shape index (κ1) is 20.0. The summed E-state index contributed by atoms with van der Waals surface area (Å²) < 4.78 is 42.0. The van der Waals surface area contributed by atoms with Crippen LogP contribution in [0.25, 0.3) is 11.0 Å². The number of hydrogen-bond donors (Lipinski definition) is 0. The number of alkyl halides is 3. The Bertz CT molecular complexity index is 1070. The number of rotatable bonds is 4. The van der Waals surface area contributed by atoms with E-state index in [2.05, 4.69) is 21.0 Å². The van der Waals surface area contributed by atoms with Gasteiger partial charge >= 0.3 is 11.9 Å². The minimum atomic E-state index is -4.33. The van der Waals surface area contributed by atoms with Crippen LogP contribution >= 0.6 is 16.1 Å². The Morgan fingerprint density at radius 2 is 1.59 bits per heavy atom. The average Bonchev–Trinajstić information content (AvgIpc) is 2.97. The largest absolute Gasteiger partial charge is 0.416 e. The van der Waals surface area contributed by atoms with Crippen LogP contribution in [-0.4, -0.2) is 45.8 Å². The van der Waals surface area contributed by atoms with E-state index in [9.17, 15) is 18.0 Å². The minimum Gasteiger partial charge on any atom is -0.369 e. The van der Waals surface area contributed by atoms with E-state index < -0.39 is 11.7 Å². The molecule has 0 radical (unpaired) electrons. The van der Waals surface area contributed by atoms with Crippen molar-refractivity contribution in [1.29, 1.82) is 0 Å². The molecule has 2 aromatic carbocycles. The number of aromatic nitrogens is 2. The van der Waals surface area contributed by atoms with Gasteiger partial charge in [0, 0.05) is 45.0 Å². The molecule has 29 heavy (non-hydrogen) atoms. The molecule has 1 aromatic heterocycles. The number of fused-ring (bicyclic) bond motifs is 1. The van der Waals surface area contributed by atoms with Gasteiger partial charge in [0.1, 0.15) is 0 Å². The van der Waals surface area contributed by atoms with Crippen molar-refractivity contribution in [3.63, 3.8) is 0 Å². The summed E-state index contributed by atoms with van der Waals surface area (Å²) in [5, 5.41) is 0. The summed E-state index contributed by atoms with van der Waals surface area (Å²) in [7, 11) is 0. The molecule has 0 unspecified atom stereocenters. The van der Waals surface area contributed by atoms with E-state index in [0.29, 0.717) is 31.9 Å². The van der Waals surface area contributed by atoms with Crippen LogP contribution in [0.1, 0.15) is 5.56 Å². The topological polar surface area (TPSA) is 33.4 Å². The lowest BCUT2D eigenvalue weighted by atomic mass is 10.1. The lowest BCUT2D eigenvalue weighted by Gasteiger charge is -2.36. The molecule has 5 nitrogen and oxygen atoms in total. The van der Waals surface area contributed by atoms with Gasteiger partial charge in [-0.25, -0.2) is 8.39 Å². The number of para-hydroxylation sites is 2. The smallest absolute Gasteiger partial charge is 0.369 e. The van der Waals surface area contributed by atoms with Crippen LogP contribution in [0.15, 0.2) is 53.3 Å². The highest BCUT2D eigenvalue weighted by Gasteiger charge is 2.31. The van der Waals surface area contributed by atoms with Gasteiger partial charge in [0.25, 0.3) is 0 Å². The highest BCUT2D eigenvalue weighted by atomic mass is 79.9. The van der Waals surface area contributed by atoms with Crippen molar-refractivity contribution in [2.45, 2.75) is 12.7 Å². The molecule has 0 bridgehead atoms. The molecule has 9 heteroatoms. The molecule has 0 aliphatic carbocycles. The zero-order chi connectivity index (χ0) is 20.6. The normalized spacial score (nSPS) is 15.9. The van der Waals surface area contributed by atoms with Crippen molar-refractivity contribution >= 4 is 32.9 Å². The molecular weight excluding hydrogens is 449 g/mol. The van der Waals surface area contributed by atoms with Crippen LogP contribution in [-0.2, 0) is 12.7 Å². The van der Waals surface area contributed by atoms with E-state index in [-0.39, 0.29) is 5.69 Å². The fourth-order valence-electron chi connectivity index (χ4n) is 3.74. The minimum absolute atomic E-state index is 0.117. The first-order chi connectivity index (χ1) is 13.8. The number of halogens is 4. The summed E-state index contributed by atoms with van der Waals surface area (Å²) in [6.07, 6.45) is -4.33. The van der Waals surface area contributed by atoms with Gasteiger partial charge < -0.3 is 4.90 Å². The predicted molar refractivity (Wildman–Crippen MR) is 111 cm³/mol. The van der Waals surface area contributed by atoms with Gasteiger partial charge in [-0.2, -0.15) is 13.2 Å². The Kier molecular flexibility index (Phi) is 5.44. The Morgan fingerprint density at radius 3 is 2.28 bits per heavy atom. The number of imidazole rings is 1. The fourth-order valence-corrected chi connectivity index (χ4v) is 4.23. The quantitative estimate of drug-likeness (QED) is 0.583. The monoisotopic (exact) mass is 468 g/mol. The molecule has 0 N–H and O–H groups in total. The van der Waals surface area contributed by atoms with Crippen LogP contribution in [0, 0.1) is 0 Å². The van der Waals surface area contributed by atoms with E-state index in [1.54, 1.807) is 10.6 Å². The molecule has 1 saturated heterocycles. The van der Waals surface area contributed by atoms with Crippen molar-refractivity contribution < 1.29 is 13.2 Å². The number of piperazine rings is 1. The molecule has 4 rings (SSSR count). The van der Waals surface area contributed by atoms with E-state index >= 15 is 0 Å². The molecule has 154 valence electrons. The van der Waals surface area contributed by atoms with Crippen LogP contribution in [0.2, 0.25) is 0 Å².